The minimum atomic E-state index is -1.05. The third-order valence-electron chi connectivity index (χ3n) is 2.73. The Balaban J connectivity index is 2.50. The Hall–Kier alpha value is -1.46. The van der Waals surface area contributed by atoms with Crippen LogP contribution in [0.3, 0.4) is 0 Å². The number of rotatable bonds is 8. The Bertz CT molecular complexity index is 508. The summed E-state index contributed by atoms with van der Waals surface area (Å²) in [5.74, 6) is -1.25. The second kappa shape index (κ2) is 8.74. The average molecular weight is 334 g/mol. The normalized spacial score (nSPS) is 11.8. The number of carbonyl (C=O) groups is 2. The molecule has 7 heteroatoms. The average Bonchev–Trinajstić information content (AvgIpc) is 2.42. The lowest BCUT2D eigenvalue weighted by Crippen LogP contribution is -2.42. The molecule has 0 aliphatic heterocycles. The summed E-state index contributed by atoms with van der Waals surface area (Å²) >= 11 is 11.6. The van der Waals surface area contributed by atoms with Crippen molar-refractivity contribution in [1.29, 1.82) is 0 Å². The van der Waals surface area contributed by atoms with Gasteiger partial charge in [-0.1, -0.05) is 43.0 Å². The maximum absolute atomic E-state index is 11.7. The van der Waals surface area contributed by atoms with Crippen molar-refractivity contribution in [1.82, 2.24) is 5.32 Å². The molecule has 0 saturated carbocycles. The fraction of sp³-hybridized carbons (Fsp3) is 0.429. The molecule has 0 spiro atoms. The van der Waals surface area contributed by atoms with Crippen LogP contribution in [0.5, 0.6) is 5.75 Å². The summed E-state index contributed by atoms with van der Waals surface area (Å²) in [4.78, 5) is 22.7. The van der Waals surface area contributed by atoms with Crippen molar-refractivity contribution in [3.05, 3.63) is 28.2 Å². The summed E-state index contributed by atoms with van der Waals surface area (Å²) < 4.78 is 5.24. The van der Waals surface area contributed by atoms with E-state index in [9.17, 15) is 9.59 Å². The third kappa shape index (κ3) is 6.23. The van der Waals surface area contributed by atoms with Gasteiger partial charge in [0.15, 0.2) is 6.61 Å². The van der Waals surface area contributed by atoms with Gasteiger partial charge in [-0.05, 0) is 24.6 Å². The van der Waals surface area contributed by atoms with Gasteiger partial charge in [0.25, 0.3) is 5.91 Å². The molecule has 0 radical (unpaired) electrons. The van der Waals surface area contributed by atoms with E-state index in [0.717, 1.165) is 12.8 Å². The number of unbranched alkanes of at least 4 members (excludes halogenated alkanes) is 1. The molecular weight excluding hydrogens is 317 g/mol. The molecule has 0 aromatic heterocycles. The molecule has 0 bridgehead atoms. The van der Waals surface area contributed by atoms with Crippen LogP contribution in [0.25, 0.3) is 0 Å². The Morgan fingerprint density at radius 2 is 2.10 bits per heavy atom. The molecule has 1 atom stereocenters. The van der Waals surface area contributed by atoms with Crippen LogP contribution in [-0.4, -0.2) is 29.6 Å². The first-order chi connectivity index (χ1) is 9.93. The summed E-state index contributed by atoms with van der Waals surface area (Å²) in [5.41, 5.74) is 0. The zero-order valence-electron chi connectivity index (χ0n) is 11.6. The van der Waals surface area contributed by atoms with Gasteiger partial charge >= 0.3 is 5.97 Å². The minimum Gasteiger partial charge on any atom is -0.482 e. The topological polar surface area (TPSA) is 75.6 Å². The molecule has 0 aliphatic rings. The number of hydrogen-bond donors (Lipinski definition) is 2. The van der Waals surface area contributed by atoms with Crippen LogP contribution in [0.2, 0.25) is 10.0 Å². The van der Waals surface area contributed by atoms with E-state index >= 15 is 0 Å². The fourth-order valence-electron chi connectivity index (χ4n) is 1.64. The number of halogens is 2. The van der Waals surface area contributed by atoms with Crippen molar-refractivity contribution in [3.63, 3.8) is 0 Å². The van der Waals surface area contributed by atoms with Crippen LogP contribution >= 0.6 is 23.2 Å². The monoisotopic (exact) mass is 333 g/mol. The van der Waals surface area contributed by atoms with E-state index < -0.39 is 17.9 Å². The van der Waals surface area contributed by atoms with Gasteiger partial charge in [-0.3, -0.25) is 4.79 Å². The van der Waals surface area contributed by atoms with E-state index in [2.05, 4.69) is 5.32 Å². The standard InChI is InChI=1S/C14H17Cl2NO4/c1-2-3-4-11(14(19)20)17-13(18)8-21-12-6-5-9(15)7-10(12)16/h5-7,11H,2-4,8H2,1H3,(H,17,18)(H,19,20)/t11-/m0/s1. The molecule has 1 amide bonds. The highest BCUT2D eigenvalue weighted by Crippen LogP contribution is 2.27. The minimum absolute atomic E-state index is 0.288. The first kappa shape index (κ1) is 17.6. The number of benzene rings is 1. The largest absolute Gasteiger partial charge is 0.482 e. The van der Waals surface area contributed by atoms with Crippen LogP contribution in [0.1, 0.15) is 26.2 Å². The summed E-state index contributed by atoms with van der Waals surface area (Å²) in [5, 5.41) is 12.2. The van der Waals surface area contributed by atoms with Crippen LogP contribution in [0.15, 0.2) is 18.2 Å². The second-order valence-electron chi connectivity index (χ2n) is 4.46. The predicted molar refractivity (Wildman–Crippen MR) is 81.0 cm³/mol. The molecule has 0 fully saturated rings. The number of carboxylic acids is 1. The number of amides is 1. The highest BCUT2D eigenvalue weighted by molar-refractivity contribution is 6.35. The van der Waals surface area contributed by atoms with Crippen molar-refractivity contribution < 1.29 is 19.4 Å². The zero-order chi connectivity index (χ0) is 15.8. The summed E-state index contributed by atoms with van der Waals surface area (Å²) in [6.07, 6.45) is 1.97. The van der Waals surface area contributed by atoms with Crippen molar-refractivity contribution in [2.45, 2.75) is 32.2 Å². The Labute approximate surface area is 133 Å². The van der Waals surface area contributed by atoms with Crippen molar-refractivity contribution >= 4 is 35.1 Å². The lowest BCUT2D eigenvalue weighted by Gasteiger charge is -2.14. The molecule has 2 N–H and O–H groups in total. The number of carboxylic acid groups (broad SMARTS) is 1. The second-order valence-corrected chi connectivity index (χ2v) is 5.31. The Morgan fingerprint density at radius 1 is 1.38 bits per heavy atom. The van der Waals surface area contributed by atoms with E-state index in [1.165, 1.54) is 6.07 Å². The lowest BCUT2D eigenvalue weighted by molar-refractivity contribution is -0.142. The lowest BCUT2D eigenvalue weighted by atomic mass is 10.1. The third-order valence-corrected chi connectivity index (χ3v) is 3.26. The van der Waals surface area contributed by atoms with E-state index in [4.69, 9.17) is 33.0 Å². The fourth-order valence-corrected chi connectivity index (χ4v) is 2.10. The van der Waals surface area contributed by atoms with E-state index in [1.54, 1.807) is 12.1 Å². The number of hydrogen-bond acceptors (Lipinski definition) is 3. The highest BCUT2D eigenvalue weighted by Gasteiger charge is 2.19. The molecule has 0 saturated heterocycles. The molecule has 1 aromatic rings. The maximum atomic E-state index is 11.7. The SMILES string of the molecule is CCCC[C@H](NC(=O)COc1ccc(Cl)cc1Cl)C(=O)O. The van der Waals surface area contributed by atoms with Crippen molar-refractivity contribution in [2.24, 2.45) is 0 Å². The summed E-state index contributed by atoms with van der Waals surface area (Å²) in [6.45, 7) is 1.64. The molecule has 0 aliphatic carbocycles. The van der Waals surface area contributed by atoms with E-state index in [1.807, 2.05) is 6.92 Å². The zero-order valence-corrected chi connectivity index (χ0v) is 13.1. The van der Waals surface area contributed by atoms with Gasteiger partial charge in [0.1, 0.15) is 11.8 Å². The number of carbonyl (C=O) groups excluding carboxylic acids is 1. The molecule has 1 rings (SSSR count). The quantitative estimate of drug-likeness (QED) is 0.766. The van der Waals surface area contributed by atoms with Crippen LogP contribution in [0.4, 0.5) is 0 Å². The first-order valence-corrected chi connectivity index (χ1v) is 7.29. The van der Waals surface area contributed by atoms with Gasteiger partial charge in [-0.2, -0.15) is 0 Å². The molecule has 1 aromatic carbocycles. The van der Waals surface area contributed by atoms with E-state index in [-0.39, 0.29) is 11.6 Å². The molecular formula is C14H17Cl2NO4. The van der Waals surface area contributed by atoms with Crippen molar-refractivity contribution in [3.8, 4) is 5.75 Å². The van der Waals surface area contributed by atoms with Gasteiger partial charge in [-0.25, -0.2) is 4.79 Å². The molecule has 116 valence electrons. The Morgan fingerprint density at radius 3 is 2.67 bits per heavy atom. The smallest absolute Gasteiger partial charge is 0.326 e. The number of aliphatic carboxylic acids is 1. The van der Waals surface area contributed by atoms with Crippen LogP contribution in [0, 0.1) is 0 Å². The van der Waals surface area contributed by atoms with Crippen molar-refractivity contribution in [2.75, 3.05) is 6.61 Å². The summed E-state index contributed by atoms with van der Waals surface area (Å²) in [6, 6.07) is 3.73. The van der Waals surface area contributed by atoms with E-state index in [0.29, 0.717) is 17.2 Å². The summed E-state index contributed by atoms with van der Waals surface area (Å²) in [7, 11) is 0. The van der Waals surface area contributed by atoms with Gasteiger partial charge in [-0.15, -0.1) is 0 Å². The number of ether oxygens (including phenoxy) is 1. The van der Waals surface area contributed by atoms with Crippen LogP contribution in [-0.2, 0) is 9.59 Å². The number of nitrogens with one attached hydrogen (secondary N) is 1. The van der Waals surface area contributed by atoms with Gasteiger partial charge in [0, 0.05) is 5.02 Å². The maximum Gasteiger partial charge on any atom is 0.326 e. The molecule has 0 unspecified atom stereocenters. The molecule has 21 heavy (non-hydrogen) atoms. The van der Waals surface area contributed by atoms with Gasteiger partial charge < -0.3 is 15.2 Å². The predicted octanol–water partition coefficient (Wildman–Crippen LogP) is 3.13. The Kier molecular flexibility index (Phi) is 7.32. The highest BCUT2D eigenvalue weighted by atomic mass is 35.5. The van der Waals surface area contributed by atoms with Crippen LogP contribution < -0.4 is 10.1 Å². The molecule has 0 heterocycles. The van der Waals surface area contributed by atoms with Gasteiger partial charge in [0.2, 0.25) is 0 Å². The van der Waals surface area contributed by atoms with Gasteiger partial charge in [0.05, 0.1) is 5.02 Å². The first-order valence-electron chi connectivity index (χ1n) is 6.54. The molecule has 5 nitrogen and oxygen atoms in total.